The van der Waals surface area contributed by atoms with E-state index in [0.717, 1.165) is 6.42 Å². The highest BCUT2D eigenvalue weighted by molar-refractivity contribution is 4.99. The molecule has 0 aromatic carbocycles. The van der Waals surface area contributed by atoms with Gasteiger partial charge in [0, 0.05) is 18.9 Å². The van der Waals surface area contributed by atoms with Crippen LogP contribution in [0.25, 0.3) is 0 Å². The first kappa shape index (κ1) is 13.0. The number of hydrogen-bond donors (Lipinski definition) is 2. The van der Waals surface area contributed by atoms with Crippen molar-refractivity contribution in [2.45, 2.75) is 38.5 Å². The predicted molar refractivity (Wildman–Crippen MR) is 53.3 cm³/mol. The number of nitrogens with two attached hydrogens (primary N) is 1. The van der Waals surface area contributed by atoms with Crippen LogP contribution in [-0.2, 0) is 6.54 Å². The second kappa shape index (κ2) is 5.31. The van der Waals surface area contributed by atoms with Crippen molar-refractivity contribution in [1.29, 1.82) is 0 Å². The summed E-state index contributed by atoms with van der Waals surface area (Å²) in [5.41, 5.74) is 2.16. The highest BCUT2D eigenvalue weighted by Gasteiger charge is 2.33. The fourth-order valence-electron chi connectivity index (χ4n) is 1.52. The monoisotopic (exact) mass is 236 g/mol. The molecular weight excluding hydrogens is 221 g/mol. The van der Waals surface area contributed by atoms with E-state index in [1.54, 1.807) is 10.8 Å². The van der Waals surface area contributed by atoms with E-state index in [9.17, 15) is 13.2 Å². The van der Waals surface area contributed by atoms with Gasteiger partial charge in [0.2, 0.25) is 0 Å². The molecule has 1 atom stereocenters. The molecule has 0 aliphatic rings. The molecule has 0 bridgehead atoms. The molecule has 1 aromatic rings. The van der Waals surface area contributed by atoms with Crippen LogP contribution in [0.2, 0.25) is 0 Å². The van der Waals surface area contributed by atoms with E-state index in [1.807, 2.05) is 6.92 Å². The average molecular weight is 236 g/mol. The molecule has 0 saturated carbocycles. The van der Waals surface area contributed by atoms with Crippen LogP contribution in [0.15, 0.2) is 12.4 Å². The van der Waals surface area contributed by atoms with Gasteiger partial charge in [-0.3, -0.25) is 5.84 Å². The number of alkyl halides is 3. The molecule has 3 N–H and O–H groups in total. The van der Waals surface area contributed by atoms with Crippen molar-refractivity contribution >= 4 is 0 Å². The lowest BCUT2D eigenvalue weighted by molar-refractivity contribution is -0.141. The number of aryl methyl sites for hydroxylation is 1. The Morgan fingerprint density at radius 1 is 1.56 bits per heavy atom. The number of nitrogens with one attached hydrogen (secondary N) is 1. The maximum atomic E-state index is 12.3. The van der Waals surface area contributed by atoms with Crippen molar-refractivity contribution < 1.29 is 13.2 Å². The number of rotatable bonds is 5. The minimum Gasteiger partial charge on any atom is -0.334 e. The second-order valence-electron chi connectivity index (χ2n) is 3.52. The highest BCUT2D eigenvalue weighted by Crippen LogP contribution is 2.28. The first-order chi connectivity index (χ1) is 7.48. The van der Waals surface area contributed by atoms with E-state index in [0.29, 0.717) is 12.4 Å². The number of hydrogen-bond acceptors (Lipinski definition) is 3. The summed E-state index contributed by atoms with van der Waals surface area (Å²) < 4.78 is 38.5. The second-order valence-corrected chi connectivity index (χ2v) is 3.52. The van der Waals surface area contributed by atoms with Crippen molar-refractivity contribution in [3.05, 3.63) is 18.2 Å². The molecule has 0 radical (unpaired) electrons. The van der Waals surface area contributed by atoms with Crippen molar-refractivity contribution in [3.63, 3.8) is 0 Å². The maximum Gasteiger partial charge on any atom is 0.391 e. The standard InChI is InChI=1S/C9H15F3N4/c1-2-4-16-5-3-14-8(16)7(15-13)6-9(10,11)12/h3,5,7,15H,2,4,6,13H2,1H3. The van der Waals surface area contributed by atoms with Gasteiger partial charge in [-0.15, -0.1) is 0 Å². The highest BCUT2D eigenvalue weighted by atomic mass is 19.4. The van der Waals surface area contributed by atoms with Crippen LogP contribution in [0.1, 0.15) is 31.6 Å². The van der Waals surface area contributed by atoms with Crippen LogP contribution >= 0.6 is 0 Å². The zero-order chi connectivity index (χ0) is 12.2. The Bertz CT molecular complexity index is 321. The van der Waals surface area contributed by atoms with Crippen molar-refractivity contribution in [3.8, 4) is 0 Å². The van der Waals surface area contributed by atoms with E-state index >= 15 is 0 Å². The lowest BCUT2D eigenvalue weighted by Gasteiger charge is -2.18. The van der Waals surface area contributed by atoms with Crippen LogP contribution in [-0.4, -0.2) is 15.7 Å². The quantitative estimate of drug-likeness (QED) is 0.605. The SMILES string of the molecule is CCCn1ccnc1C(CC(F)(F)F)NN. The fraction of sp³-hybridized carbons (Fsp3) is 0.667. The third kappa shape index (κ3) is 3.49. The molecule has 4 nitrogen and oxygen atoms in total. The van der Waals surface area contributed by atoms with Crippen LogP contribution in [0.4, 0.5) is 13.2 Å². The summed E-state index contributed by atoms with van der Waals surface area (Å²) in [6.07, 6.45) is -1.33. The van der Waals surface area contributed by atoms with Crippen molar-refractivity contribution in [2.24, 2.45) is 5.84 Å². The van der Waals surface area contributed by atoms with E-state index in [1.165, 1.54) is 6.20 Å². The number of imidazole rings is 1. The molecular formula is C9H15F3N4. The number of halogens is 3. The van der Waals surface area contributed by atoms with E-state index in [4.69, 9.17) is 5.84 Å². The Balaban J connectivity index is 2.82. The van der Waals surface area contributed by atoms with Crippen LogP contribution in [0.3, 0.4) is 0 Å². The molecule has 0 aliphatic carbocycles. The third-order valence-electron chi connectivity index (χ3n) is 2.16. The van der Waals surface area contributed by atoms with E-state index in [-0.39, 0.29) is 0 Å². The maximum absolute atomic E-state index is 12.3. The van der Waals surface area contributed by atoms with Gasteiger partial charge in [-0.05, 0) is 6.42 Å². The van der Waals surface area contributed by atoms with E-state index < -0.39 is 18.6 Å². The van der Waals surface area contributed by atoms with Crippen LogP contribution < -0.4 is 11.3 Å². The summed E-state index contributed by atoms with van der Waals surface area (Å²) in [4.78, 5) is 3.91. The largest absolute Gasteiger partial charge is 0.391 e. The molecule has 92 valence electrons. The smallest absolute Gasteiger partial charge is 0.334 e. The Kier molecular flexibility index (Phi) is 4.31. The van der Waals surface area contributed by atoms with Crippen molar-refractivity contribution in [2.75, 3.05) is 0 Å². The Morgan fingerprint density at radius 3 is 2.75 bits per heavy atom. The number of hydrazine groups is 1. The van der Waals surface area contributed by atoms with Crippen molar-refractivity contribution in [1.82, 2.24) is 15.0 Å². The van der Waals surface area contributed by atoms with Crippen LogP contribution in [0, 0.1) is 0 Å². The summed E-state index contributed by atoms with van der Waals surface area (Å²) in [7, 11) is 0. The van der Waals surface area contributed by atoms with Gasteiger partial charge in [-0.25, -0.2) is 10.4 Å². The van der Waals surface area contributed by atoms with Gasteiger partial charge in [-0.2, -0.15) is 13.2 Å². The first-order valence-corrected chi connectivity index (χ1v) is 5.02. The van der Waals surface area contributed by atoms with Gasteiger partial charge in [0.25, 0.3) is 0 Å². The Hall–Kier alpha value is -1.08. The van der Waals surface area contributed by atoms with Gasteiger partial charge < -0.3 is 4.57 Å². The molecule has 1 aromatic heterocycles. The topological polar surface area (TPSA) is 55.9 Å². The lowest BCUT2D eigenvalue weighted by Crippen LogP contribution is -2.33. The molecule has 1 rings (SSSR count). The lowest BCUT2D eigenvalue weighted by atomic mass is 10.2. The van der Waals surface area contributed by atoms with Gasteiger partial charge in [-0.1, -0.05) is 6.92 Å². The molecule has 0 aliphatic heterocycles. The molecule has 1 unspecified atom stereocenters. The molecule has 0 saturated heterocycles. The molecule has 7 heteroatoms. The molecule has 0 amide bonds. The molecule has 1 heterocycles. The summed E-state index contributed by atoms with van der Waals surface area (Å²) in [5.74, 6) is 5.45. The predicted octanol–water partition coefficient (Wildman–Crippen LogP) is 1.75. The first-order valence-electron chi connectivity index (χ1n) is 5.02. The zero-order valence-corrected chi connectivity index (χ0v) is 8.96. The zero-order valence-electron chi connectivity index (χ0n) is 8.96. The number of nitrogens with zero attached hydrogens (tertiary/aromatic N) is 2. The van der Waals surface area contributed by atoms with Gasteiger partial charge in [0.05, 0.1) is 12.5 Å². The molecule has 0 spiro atoms. The molecule has 0 fully saturated rings. The van der Waals surface area contributed by atoms with Gasteiger partial charge in [0.15, 0.2) is 0 Å². The van der Waals surface area contributed by atoms with E-state index in [2.05, 4.69) is 10.4 Å². The van der Waals surface area contributed by atoms with Crippen LogP contribution in [0.5, 0.6) is 0 Å². The molecule has 16 heavy (non-hydrogen) atoms. The minimum absolute atomic E-state index is 0.321. The van der Waals surface area contributed by atoms with Gasteiger partial charge in [0.1, 0.15) is 5.82 Å². The summed E-state index contributed by atoms with van der Waals surface area (Å²) in [6.45, 7) is 2.57. The summed E-state index contributed by atoms with van der Waals surface area (Å²) in [5, 5.41) is 0. The summed E-state index contributed by atoms with van der Waals surface area (Å²) in [6, 6.07) is -0.999. The third-order valence-corrected chi connectivity index (χ3v) is 2.16. The van der Waals surface area contributed by atoms with Gasteiger partial charge >= 0.3 is 6.18 Å². The number of aromatic nitrogens is 2. The summed E-state index contributed by atoms with van der Waals surface area (Å²) >= 11 is 0. The minimum atomic E-state index is -4.26. The fourth-order valence-corrected chi connectivity index (χ4v) is 1.52. The average Bonchev–Trinajstić information content (AvgIpc) is 2.61. The Labute approximate surface area is 91.6 Å². The Morgan fingerprint density at radius 2 is 2.25 bits per heavy atom. The normalized spacial score (nSPS) is 14.1.